The van der Waals surface area contributed by atoms with Crippen LogP contribution in [0.1, 0.15) is 38.5 Å². The molecule has 10 heteroatoms. The highest BCUT2D eigenvalue weighted by atomic mass is 19.4. The van der Waals surface area contributed by atoms with E-state index in [4.69, 9.17) is 4.74 Å². The molecule has 0 bridgehead atoms. The maximum atomic E-state index is 13.6. The van der Waals surface area contributed by atoms with Gasteiger partial charge in [-0.1, -0.05) is 0 Å². The molecule has 1 spiro atoms. The van der Waals surface area contributed by atoms with Gasteiger partial charge < -0.3 is 15.4 Å². The Kier molecular flexibility index (Phi) is 5.85. The molecule has 1 aromatic rings. The van der Waals surface area contributed by atoms with Crippen molar-refractivity contribution < 1.29 is 31.9 Å². The van der Waals surface area contributed by atoms with Gasteiger partial charge in [-0.15, -0.1) is 0 Å². The molecule has 1 saturated heterocycles. The van der Waals surface area contributed by atoms with E-state index in [9.17, 15) is 27.2 Å². The number of nitrogens with one attached hydrogen (secondary N) is 2. The first-order valence-electron chi connectivity index (χ1n) is 10.8. The van der Waals surface area contributed by atoms with E-state index < -0.39 is 23.4 Å². The first kappa shape index (κ1) is 22.8. The highest BCUT2D eigenvalue weighted by Gasteiger charge is 2.64. The van der Waals surface area contributed by atoms with Crippen molar-refractivity contribution in [2.45, 2.75) is 50.2 Å². The third kappa shape index (κ3) is 4.69. The third-order valence-corrected chi connectivity index (χ3v) is 6.95. The SMILES string of the molecule is COc1cc(F)cc(NC(=O)C2CCC3(CC2)CN(CC(=O)NC2(C(F)(F)F)CC2)C3)c1. The van der Waals surface area contributed by atoms with Gasteiger partial charge in [0, 0.05) is 36.8 Å². The second-order valence-electron chi connectivity index (χ2n) is 9.42. The number of amides is 2. The molecule has 0 atom stereocenters. The molecule has 6 nitrogen and oxygen atoms in total. The van der Waals surface area contributed by atoms with Crippen molar-refractivity contribution in [2.75, 3.05) is 32.1 Å². The maximum Gasteiger partial charge on any atom is 0.411 e. The summed E-state index contributed by atoms with van der Waals surface area (Å²) in [5.41, 5.74) is -1.66. The van der Waals surface area contributed by atoms with Crippen LogP contribution in [-0.2, 0) is 9.59 Å². The van der Waals surface area contributed by atoms with Crippen LogP contribution in [0.5, 0.6) is 5.75 Å². The molecule has 176 valence electrons. The van der Waals surface area contributed by atoms with Crippen molar-refractivity contribution in [2.24, 2.45) is 11.3 Å². The summed E-state index contributed by atoms with van der Waals surface area (Å²) in [4.78, 5) is 26.5. The van der Waals surface area contributed by atoms with Crippen LogP contribution in [0.4, 0.5) is 23.2 Å². The van der Waals surface area contributed by atoms with E-state index in [1.807, 2.05) is 4.90 Å². The predicted octanol–water partition coefficient (Wildman–Crippen LogP) is 3.48. The molecular weight excluding hydrogens is 430 g/mol. The molecule has 2 aliphatic carbocycles. The van der Waals surface area contributed by atoms with E-state index in [2.05, 4.69) is 10.6 Å². The number of ether oxygens (including phenoxy) is 1. The molecule has 1 aliphatic heterocycles. The molecule has 2 amide bonds. The fourth-order valence-corrected chi connectivity index (χ4v) is 4.93. The fraction of sp³-hybridized carbons (Fsp3) is 0.636. The minimum absolute atomic E-state index is 0.0143. The number of nitrogens with zero attached hydrogens (tertiary/aromatic N) is 1. The number of hydrogen-bond acceptors (Lipinski definition) is 4. The van der Waals surface area contributed by atoms with Crippen molar-refractivity contribution in [3.63, 3.8) is 0 Å². The Bertz CT molecular complexity index is 885. The van der Waals surface area contributed by atoms with Gasteiger partial charge in [-0.3, -0.25) is 14.5 Å². The summed E-state index contributed by atoms with van der Waals surface area (Å²) in [6, 6.07) is 4.03. The van der Waals surface area contributed by atoms with Crippen LogP contribution in [0.15, 0.2) is 18.2 Å². The molecule has 1 aromatic carbocycles. The van der Waals surface area contributed by atoms with Crippen LogP contribution < -0.4 is 15.4 Å². The van der Waals surface area contributed by atoms with Crippen LogP contribution in [-0.4, -0.2) is 55.2 Å². The average molecular weight is 457 g/mol. The Morgan fingerprint density at radius 3 is 2.34 bits per heavy atom. The second-order valence-corrected chi connectivity index (χ2v) is 9.42. The van der Waals surface area contributed by atoms with Crippen LogP contribution in [0.2, 0.25) is 0 Å². The van der Waals surface area contributed by atoms with Gasteiger partial charge in [0.15, 0.2) is 0 Å². The number of methoxy groups -OCH3 is 1. The largest absolute Gasteiger partial charge is 0.497 e. The van der Waals surface area contributed by atoms with Crippen LogP contribution in [0, 0.1) is 17.2 Å². The fourth-order valence-electron chi connectivity index (χ4n) is 4.93. The van der Waals surface area contributed by atoms with Gasteiger partial charge in [-0.2, -0.15) is 13.2 Å². The van der Waals surface area contributed by atoms with E-state index in [0.29, 0.717) is 37.4 Å². The summed E-state index contributed by atoms with van der Waals surface area (Å²) in [6.07, 6.45) is -1.56. The Morgan fingerprint density at radius 1 is 1.12 bits per heavy atom. The van der Waals surface area contributed by atoms with Crippen molar-refractivity contribution in [1.29, 1.82) is 0 Å². The Balaban J connectivity index is 1.21. The molecule has 4 rings (SSSR count). The molecule has 2 N–H and O–H groups in total. The summed E-state index contributed by atoms with van der Waals surface area (Å²) in [7, 11) is 1.42. The number of carbonyl (C=O) groups is 2. The van der Waals surface area contributed by atoms with Gasteiger partial charge in [0.1, 0.15) is 17.1 Å². The zero-order valence-electron chi connectivity index (χ0n) is 17.9. The molecule has 3 aliphatic rings. The Hall–Kier alpha value is -2.36. The number of carbonyl (C=O) groups excluding carboxylic acids is 2. The number of alkyl halides is 3. The lowest BCUT2D eigenvalue weighted by molar-refractivity contribution is -0.171. The average Bonchev–Trinajstić information content (AvgIpc) is 3.47. The molecule has 0 aromatic heterocycles. The zero-order valence-corrected chi connectivity index (χ0v) is 17.9. The topological polar surface area (TPSA) is 70.7 Å². The van der Waals surface area contributed by atoms with Crippen LogP contribution in [0.25, 0.3) is 0 Å². The van der Waals surface area contributed by atoms with Crippen molar-refractivity contribution >= 4 is 17.5 Å². The smallest absolute Gasteiger partial charge is 0.411 e. The van der Waals surface area contributed by atoms with Crippen LogP contribution in [0.3, 0.4) is 0 Å². The lowest BCUT2D eigenvalue weighted by atomic mass is 9.65. The number of anilines is 1. The molecule has 2 saturated carbocycles. The number of rotatable bonds is 6. The van der Waals surface area contributed by atoms with Gasteiger partial charge in [-0.25, -0.2) is 4.39 Å². The normalized spacial score (nSPS) is 22.2. The predicted molar refractivity (Wildman–Crippen MR) is 109 cm³/mol. The molecule has 3 fully saturated rings. The zero-order chi connectivity index (χ0) is 23.1. The Morgan fingerprint density at radius 2 is 1.78 bits per heavy atom. The lowest BCUT2D eigenvalue weighted by Crippen LogP contribution is -2.61. The monoisotopic (exact) mass is 457 g/mol. The number of hydrogen-bond donors (Lipinski definition) is 2. The summed E-state index contributed by atoms with van der Waals surface area (Å²) < 4.78 is 57.6. The highest BCUT2D eigenvalue weighted by Crippen LogP contribution is 2.49. The minimum Gasteiger partial charge on any atom is -0.497 e. The molecule has 32 heavy (non-hydrogen) atoms. The molecule has 0 radical (unpaired) electrons. The molecule has 0 unspecified atom stereocenters. The first-order valence-corrected chi connectivity index (χ1v) is 10.8. The summed E-state index contributed by atoms with van der Waals surface area (Å²) >= 11 is 0. The molecular formula is C22H27F4N3O3. The van der Waals surface area contributed by atoms with Crippen LogP contribution >= 0.6 is 0 Å². The number of likely N-dealkylation sites (tertiary alicyclic amines) is 1. The number of halogens is 4. The summed E-state index contributed by atoms with van der Waals surface area (Å²) in [5.74, 6) is -1.11. The Labute approximate surface area is 183 Å². The van der Waals surface area contributed by atoms with E-state index in [1.54, 1.807) is 6.07 Å². The van der Waals surface area contributed by atoms with E-state index in [1.165, 1.54) is 19.2 Å². The quantitative estimate of drug-likeness (QED) is 0.642. The van der Waals surface area contributed by atoms with Gasteiger partial charge in [0.25, 0.3) is 0 Å². The van der Waals surface area contributed by atoms with E-state index in [0.717, 1.165) is 12.8 Å². The maximum absolute atomic E-state index is 13.6. The first-order chi connectivity index (χ1) is 15.0. The third-order valence-electron chi connectivity index (χ3n) is 6.95. The second kappa shape index (κ2) is 8.20. The lowest BCUT2D eigenvalue weighted by Gasteiger charge is -2.53. The standard InChI is InChI=1S/C22H27F4N3O3/c1-32-17-9-15(23)8-16(10-17)27-19(31)14-2-4-20(5-3-14)12-29(13-20)11-18(30)28-21(6-7-21)22(24,25)26/h8-10,14H,2-7,11-13H2,1H3,(H,27,31)(H,28,30). The van der Waals surface area contributed by atoms with Gasteiger partial charge in [0.2, 0.25) is 11.8 Å². The van der Waals surface area contributed by atoms with Crippen molar-refractivity contribution in [3.8, 4) is 5.75 Å². The highest BCUT2D eigenvalue weighted by molar-refractivity contribution is 5.92. The summed E-state index contributed by atoms with van der Waals surface area (Å²) in [6.45, 7) is 1.26. The van der Waals surface area contributed by atoms with Gasteiger partial charge >= 0.3 is 6.18 Å². The van der Waals surface area contributed by atoms with E-state index >= 15 is 0 Å². The minimum atomic E-state index is -4.41. The van der Waals surface area contributed by atoms with Gasteiger partial charge in [0.05, 0.1) is 13.7 Å². The number of benzene rings is 1. The van der Waals surface area contributed by atoms with Crippen molar-refractivity contribution in [3.05, 3.63) is 24.0 Å². The van der Waals surface area contributed by atoms with E-state index in [-0.39, 0.29) is 36.6 Å². The summed E-state index contributed by atoms with van der Waals surface area (Å²) in [5, 5.41) is 4.91. The van der Waals surface area contributed by atoms with Crippen molar-refractivity contribution in [1.82, 2.24) is 10.2 Å². The van der Waals surface area contributed by atoms with Gasteiger partial charge in [-0.05, 0) is 50.0 Å². The molecule has 1 heterocycles.